The molecule has 1 aromatic heterocycles. The molecule has 1 aromatic rings. The Balaban J connectivity index is 1.24. The molecule has 6 heteroatoms. The molecule has 9 atom stereocenters. The van der Waals surface area contributed by atoms with Crippen LogP contribution in [-0.2, 0) is 17.5 Å². The van der Waals surface area contributed by atoms with Crippen LogP contribution in [0.1, 0.15) is 83.7 Å². The molecule has 0 radical (unpaired) electrons. The van der Waals surface area contributed by atoms with Crippen LogP contribution >= 0.6 is 0 Å². The van der Waals surface area contributed by atoms with Crippen molar-refractivity contribution in [3.63, 3.8) is 0 Å². The minimum Gasteiger partial charge on any atom is -0.297 e. The van der Waals surface area contributed by atoms with E-state index in [0.29, 0.717) is 11.8 Å². The van der Waals surface area contributed by atoms with Crippen molar-refractivity contribution in [3.05, 3.63) is 18.0 Å². The van der Waals surface area contributed by atoms with Crippen LogP contribution < -0.4 is 0 Å². The largest absolute Gasteiger partial charge is 0.435 e. The maximum atomic E-state index is 13.6. The smallest absolute Gasteiger partial charge is 0.297 e. The van der Waals surface area contributed by atoms with Gasteiger partial charge in [-0.1, -0.05) is 20.3 Å². The molecule has 1 heterocycles. The van der Waals surface area contributed by atoms with Gasteiger partial charge in [0.15, 0.2) is 11.5 Å². The lowest BCUT2D eigenvalue weighted by Crippen LogP contribution is -2.50. The molecule has 0 spiro atoms. The Morgan fingerprint density at radius 2 is 1.74 bits per heavy atom. The highest BCUT2D eigenvalue weighted by Crippen LogP contribution is 2.69. The maximum Gasteiger partial charge on any atom is 0.435 e. The quantitative estimate of drug-likeness (QED) is 0.468. The van der Waals surface area contributed by atoms with Crippen LogP contribution in [0.25, 0.3) is 0 Å². The highest BCUT2D eigenvalue weighted by molar-refractivity contribution is 5.82. The van der Waals surface area contributed by atoms with Crippen LogP contribution in [-0.4, -0.2) is 15.6 Å². The fourth-order valence-corrected chi connectivity index (χ4v) is 9.64. The SMILES string of the molecule is C[C@H]1CC[C@H]2[C@H](CC[C@H]3C4C(C5CC5)C[C@H](C(=O)Cn5ccc(C(F)(F)F)n5)[C@@]4(C)CC[C@H]23)C1. The number of alkyl halides is 3. The number of ketones is 1. The second kappa shape index (κ2) is 8.09. The third kappa shape index (κ3) is 3.77. The number of rotatable bonds is 4. The van der Waals surface area contributed by atoms with Crippen molar-refractivity contribution in [1.29, 1.82) is 0 Å². The summed E-state index contributed by atoms with van der Waals surface area (Å²) >= 11 is 0. The summed E-state index contributed by atoms with van der Waals surface area (Å²) in [6, 6.07) is 0.980. The van der Waals surface area contributed by atoms with Crippen molar-refractivity contribution in [3.8, 4) is 0 Å². The molecule has 188 valence electrons. The van der Waals surface area contributed by atoms with E-state index in [1.165, 1.54) is 62.2 Å². The number of carbonyl (C=O) groups excluding carboxylic acids is 1. The number of fused-ring (bicyclic) bond motifs is 5. The lowest BCUT2D eigenvalue weighted by Gasteiger charge is -2.57. The topological polar surface area (TPSA) is 34.9 Å². The van der Waals surface area contributed by atoms with Crippen LogP contribution in [0.5, 0.6) is 0 Å². The molecule has 5 aliphatic carbocycles. The fraction of sp³-hybridized carbons (Fsp3) is 0.857. The maximum absolute atomic E-state index is 13.6. The normalized spacial score (nSPS) is 44.3. The summed E-state index contributed by atoms with van der Waals surface area (Å²) in [7, 11) is 0. The predicted molar refractivity (Wildman–Crippen MR) is 124 cm³/mol. The molecular weight excluding hydrogens is 437 g/mol. The first-order chi connectivity index (χ1) is 16.1. The minimum atomic E-state index is -4.47. The van der Waals surface area contributed by atoms with Gasteiger partial charge in [-0.05, 0) is 117 Å². The van der Waals surface area contributed by atoms with Gasteiger partial charge in [0.1, 0.15) is 0 Å². The van der Waals surface area contributed by atoms with Crippen LogP contribution in [0.4, 0.5) is 13.2 Å². The van der Waals surface area contributed by atoms with Gasteiger partial charge in [0.25, 0.3) is 0 Å². The van der Waals surface area contributed by atoms with Crippen LogP contribution in [0, 0.1) is 58.7 Å². The molecule has 0 N–H and O–H groups in total. The van der Waals surface area contributed by atoms with E-state index in [-0.39, 0.29) is 23.7 Å². The Kier molecular flexibility index (Phi) is 5.50. The van der Waals surface area contributed by atoms with Gasteiger partial charge in [-0.15, -0.1) is 0 Å². The fourth-order valence-electron chi connectivity index (χ4n) is 9.64. The van der Waals surface area contributed by atoms with Crippen molar-refractivity contribution >= 4 is 5.78 Å². The molecule has 0 bridgehead atoms. The van der Waals surface area contributed by atoms with Gasteiger partial charge < -0.3 is 0 Å². The molecule has 0 aliphatic heterocycles. The second-order valence-corrected chi connectivity index (χ2v) is 13.0. The zero-order chi connectivity index (χ0) is 23.8. The third-order valence-electron chi connectivity index (χ3n) is 11.1. The minimum absolute atomic E-state index is 0.000309. The highest BCUT2D eigenvalue weighted by Gasteiger charge is 2.63. The average molecular weight is 477 g/mol. The summed E-state index contributed by atoms with van der Waals surface area (Å²) in [6.07, 6.45) is 9.64. The van der Waals surface area contributed by atoms with Crippen LogP contribution in [0.15, 0.2) is 12.3 Å². The number of nitrogens with zero attached hydrogens (tertiary/aromatic N) is 2. The molecule has 2 unspecified atom stereocenters. The zero-order valence-corrected chi connectivity index (χ0v) is 20.6. The van der Waals surface area contributed by atoms with Gasteiger partial charge in [0.05, 0.1) is 6.54 Å². The Labute approximate surface area is 201 Å². The van der Waals surface area contributed by atoms with Crippen molar-refractivity contribution in [2.24, 2.45) is 58.7 Å². The molecular formula is C28H39F3N2O. The standard InChI is InChI=1S/C28H39F3N2O/c1-16-3-7-19-18(13-16)6-8-21-20(19)9-11-27(2)23(14-22(26(21)27)17-4-5-17)24(34)15-33-12-10-25(32-33)28(29,30)31/h10,12,16-23,26H,3-9,11,13-15H2,1-2H3/t16-,18+,19-,20+,21+,22?,23+,26?,27+/m0/s1. The first-order valence-corrected chi connectivity index (χ1v) is 13.8. The van der Waals surface area contributed by atoms with E-state index in [2.05, 4.69) is 18.9 Å². The summed E-state index contributed by atoms with van der Waals surface area (Å²) < 4.78 is 40.2. The number of Topliss-reactive ketones (excluding diaryl/α,β-unsaturated/α-hetero) is 1. The number of hydrogen-bond acceptors (Lipinski definition) is 2. The molecule has 34 heavy (non-hydrogen) atoms. The summed E-state index contributed by atoms with van der Waals surface area (Å²) in [5.74, 6) is 6.35. The van der Waals surface area contributed by atoms with E-state index in [1.807, 2.05) is 0 Å². The summed E-state index contributed by atoms with van der Waals surface area (Å²) in [5.41, 5.74) is -0.911. The number of aromatic nitrogens is 2. The third-order valence-corrected chi connectivity index (χ3v) is 11.1. The monoisotopic (exact) mass is 476 g/mol. The zero-order valence-electron chi connectivity index (χ0n) is 20.6. The number of halogens is 3. The highest BCUT2D eigenvalue weighted by atomic mass is 19.4. The van der Waals surface area contributed by atoms with Gasteiger partial charge in [-0.2, -0.15) is 18.3 Å². The predicted octanol–water partition coefficient (Wildman–Crippen LogP) is 7.01. The van der Waals surface area contributed by atoms with Gasteiger partial charge >= 0.3 is 6.18 Å². The Morgan fingerprint density at radius 3 is 2.44 bits per heavy atom. The Hall–Kier alpha value is -1.33. The van der Waals surface area contributed by atoms with E-state index in [9.17, 15) is 18.0 Å². The molecule has 0 amide bonds. The molecule has 0 aromatic carbocycles. The Morgan fingerprint density at radius 1 is 1.00 bits per heavy atom. The van der Waals surface area contributed by atoms with E-state index in [0.717, 1.165) is 54.4 Å². The van der Waals surface area contributed by atoms with Crippen LogP contribution in [0.2, 0.25) is 0 Å². The van der Waals surface area contributed by atoms with Crippen molar-refractivity contribution in [2.75, 3.05) is 0 Å². The van der Waals surface area contributed by atoms with Crippen molar-refractivity contribution < 1.29 is 18.0 Å². The summed E-state index contributed by atoms with van der Waals surface area (Å²) in [4.78, 5) is 13.6. The number of carbonyl (C=O) groups is 1. The van der Waals surface area contributed by atoms with E-state index < -0.39 is 11.9 Å². The van der Waals surface area contributed by atoms with E-state index in [1.54, 1.807) is 0 Å². The van der Waals surface area contributed by atoms with Gasteiger partial charge in [-0.25, -0.2) is 0 Å². The first kappa shape index (κ1) is 23.1. The van der Waals surface area contributed by atoms with E-state index >= 15 is 0 Å². The van der Waals surface area contributed by atoms with Crippen LogP contribution in [0.3, 0.4) is 0 Å². The van der Waals surface area contributed by atoms with Gasteiger partial charge in [-0.3, -0.25) is 9.48 Å². The summed E-state index contributed by atoms with van der Waals surface area (Å²) in [6.45, 7) is 4.77. The van der Waals surface area contributed by atoms with E-state index in [4.69, 9.17) is 0 Å². The van der Waals surface area contributed by atoms with Crippen molar-refractivity contribution in [1.82, 2.24) is 9.78 Å². The lowest BCUT2D eigenvalue weighted by atomic mass is 9.48. The first-order valence-electron chi connectivity index (χ1n) is 13.8. The molecule has 5 saturated carbocycles. The Bertz CT molecular complexity index is 936. The molecule has 5 fully saturated rings. The molecule has 3 nitrogen and oxygen atoms in total. The molecule has 6 rings (SSSR count). The number of hydrogen-bond donors (Lipinski definition) is 0. The second-order valence-electron chi connectivity index (χ2n) is 13.0. The average Bonchev–Trinajstić information content (AvgIpc) is 3.41. The summed E-state index contributed by atoms with van der Waals surface area (Å²) in [5, 5.41) is 3.67. The molecule has 5 aliphatic rings. The lowest BCUT2D eigenvalue weighted by molar-refractivity contribution is -0.142. The van der Waals surface area contributed by atoms with Gasteiger partial charge in [0, 0.05) is 12.1 Å². The molecule has 0 saturated heterocycles. The van der Waals surface area contributed by atoms with Gasteiger partial charge in [0.2, 0.25) is 0 Å². The van der Waals surface area contributed by atoms with Crippen molar-refractivity contribution in [2.45, 2.75) is 90.8 Å².